The van der Waals surface area contributed by atoms with Crippen molar-refractivity contribution in [3.05, 3.63) is 46.5 Å². The number of nitrogens with one attached hydrogen (secondary N) is 2. The molecule has 35 heavy (non-hydrogen) atoms. The number of anilines is 1. The summed E-state index contributed by atoms with van der Waals surface area (Å²) in [5, 5.41) is 15.1. The van der Waals surface area contributed by atoms with Crippen LogP contribution in [0.1, 0.15) is 55.7 Å². The maximum atomic E-state index is 12.5. The monoisotopic (exact) mass is 480 g/mol. The van der Waals surface area contributed by atoms with Crippen LogP contribution in [0.3, 0.4) is 0 Å². The maximum absolute atomic E-state index is 12.5. The SMILES string of the molecule is COc1c(C)c(-c2ccc(NC3CCCC3)cc2)c(OC)c(C)c1C=C(C)C(=O)NCCC(=O)O. The summed E-state index contributed by atoms with van der Waals surface area (Å²) in [6, 6.07) is 8.95. The number of amides is 1. The van der Waals surface area contributed by atoms with Gasteiger partial charge < -0.3 is 25.2 Å². The molecule has 0 radical (unpaired) electrons. The van der Waals surface area contributed by atoms with Crippen molar-refractivity contribution >= 4 is 23.6 Å². The number of rotatable bonds is 10. The molecule has 0 heterocycles. The molecule has 2 aromatic rings. The Hall–Kier alpha value is -3.48. The molecule has 7 nitrogen and oxygen atoms in total. The van der Waals surface area contributed by atoms with Crippen LogP contribution in [-0.4, -0.2) is 43.8 Å². The van der Waals surface area contributed by atoms with Crippen molar-refractivity contribution in [2.45, 2.75) is 58.9 Å². The molecule has 7 heteroatoms. The van der Waals surface area contributed by atoms with Gasteiger partial charge in [0.25, 0.3) is 0 Å². The maximum Gasteiger partial charge on any atom is 0.305 e. The van der Waals surface area contributed by atoms with Crippen LogP contribution in [-0.2, 0) is 9.59 Å². The van der Waals surface area contributed by atoms with E-state index in [2.05, 4.69) is 34.9 Å². The minimum atomic E-state index is -0.956. The minimum Gasteiger partial charge on any atom is -0.496 e. The second-order valence-electron chi connectivity index (χ2n) is 9.04. The van der Waals surface area contributed by atoms with Crippen molar-refractivity contribution < 1.29 is 24.2 Å². The van der Waals surface area contributed by atoms with Gasteiger partial charge in [0.1, 0.15) is 11.5 Å². The lowest BCUT2D eigenvalue weighted by Crippen LogP contribution is -2.26. The minimum absolute atomic E-state index is 0.0718. The van der Waals surface area contributed by atoms with E-state index in [0.29, 0.717) is 17.4 Å². The number of carboxylic acid groups (broad SMARTS) is 1. The molecule has 1 fully saturated rings. The molecule has 188 valence electrons. The predicted molar refractivity (Wildman–Crippen MR) is 139 cm³/mol. The second kappa shape index (κ2) is 11.8. The van der Waals surface area contributed by atoms with Gasteiger partial charge in [0.05, 0.1) is 20.6 Å². The van der Waals surface area contributed by atoms with Gasteiger partial charge in [-0.05, 0) is 57.4 Å². The van der Waals surface area contributed by atoms with Crippen molar-refractivity contribution in [1.82, 2.24) is 5.32 Å². The Morgan fingerprint density at radius 3 is 2.23 bits per heavy atom. The van der Waals surface area contributed by atoms with Crippen LogP contribution in [0.25, 0.3) is 17.2 Å². The standard InChI is InChI=1S/C28H36N2O5/c1-17(28(33)29-15-14-24(31)32)16-23-18(2)27(35-5)25(19(3)26(23)34-4)20-10-12-22(13-11-20)30-21-8-6-7-9-21/h10-13,16,21,30H,6-9,14-15H2,1-5H3,(H,29,33)(H,31,32). The van der Waals surface area contributed by atoms with Crippen molar-refractivity contribution in [3.8, 4) is 22.6 Å². The highest BCUT2D eigenvalue weighted by atomic mass is 16.5. The van der Waals surface area contributed by atoms with E-state index in [1.807, 2.05) is 13.8 Å². The highest BCUT2D eigenvalue weighted by Crippen LogP contribution is 2.45. The number of benzene rings is 2. The molecule has 0 aromatic heterocycles. The third-order valence-corrected chi connectivity index (χ3v) is 6.58. The van der Waals surface area contributed by atoms with Crippen molar-refractivity contribution in [2.75, 3.05) is 26.1 Å². The van der Waals surface area contributed by atoms with Crippen LogP contribution in [0, 0.1) is 13.8 Å². The van der Waals surface area contributed by atoms with Crippen LogP contribution >= 0.6 is 0 Å². The Bertz CT molecular complexity index is 1100. The average molecular weight is 481 g/mol. The zero-order chi connectivity index (χ0) is 25.5. The largest absolute Gasteiger partial charge is 0.496 e. The first-order chi connectivity index (χ1) is 16.8. The fourth-order valence-corrected chi connectivity index (χ4v) is 4.75. The van der Waals surface area contributed by atoms with Gasteiger partial charge in [0.15, 0.2) is 0 Å². The molecule has 1 aliphatic rings. The Morgan fingerprint density at radius 1 is 1.03 bits per heavy atom. The van der Waals surface area contributed by atoms with Gasteiger partial charge in [0, 0.05) is 46.1 Å². The Balaban J connectivity index is 1.95. The van der Waals surface area contributed by atoms with Crippen LogP contribution in [0.4, 0.5) is 5.69 Å². The fourth-order valence-electron chi connectivity index (χ4n) is 4.75. The summed E-state index contributed by atoms with van der Waals surface area (Å²) in [4.78, 5) is 23.2. The molecule has 1 aliphatic carbocycles. The molecular weight excluding hydrogens is 444 g/mol. The third kappa shape index (κ3) is 6.15. The topological polar surface area (TPSA) is 96.9 Å². The summed E-state index contributed by atoms with van der Waals surface area (Å²) < 4.78 is 11.7. The Kier molecular flexibility index (Phi) is 8.79. The van der Waals surface area contributed by atoms with E-state index < -0.39 is 5.97 Å². The molecule has 0 atom stereocenters. The van der Waals surface area contributed by atoms with Gasteiger partial charge in [-0.1, -0.05) is 25.0 Å². The second-order valence-corrected chi connectivity index (χ2v) is 9.04. The van der Waals surface area contributed by atoms with Crippen LogP contribution in [0.15, 0.2) is 29.8 Å². The van der Waals surface area contributed by atoms with E-state index in [-0.39, 0.29) is 18.9 Å². The number of aliphatic carboxylic acids is 1. The average Bonchev–Trinajstić information content (AvgIpc) is 3.34. The molecule has 0 unspecified atom stereocenters. The number of hydrogen-bond donors (Lipinski definition) is 3. The zero-order valence-corrected chi connectivity index (χ0v) is 21.3. The van der Waals surface area contributed by atoms with Gasteiger partial charge in [-0.2, -0.15) is 0 Å². The van der Waals surface area contributed by atoms with Gasteiger partial charge in [-0.3, -0.25) is 9.59 Å². The van der Waals surface area contributed by atoms with Gasteiger partial charge in [-0.25, -0.2) is 0 Å². The van der Waals surface area contributed by atoms with Crippen LogP contribution in [0.5, 0.6) is 11.5 Å². The van der Waals surface area contributed by atoms with Crippen LogP contribution in [0.2, 0.25) is 0 Å². The molecule has 0 saturated heterocycles. The normalized spacial score (nSPS) is 14.0. The van der Waals surface area contributed by atoms with Crippen molar-refractivity contribution in [3.63, 3.8) is 0 Å². The van der Waals surface area contributed by atoms with Crippen LogP contribution < -0.4 is 20.1 Å². The number of carbonyl (C=O) groups is 2. The van der Waals surface area contributed by atoms with Crippen molar-refractivity contribution in [1.29, 1.82) is 0 Å². The lowest BCUT2D eigenvalue weighted by atomic mass is 9.91. The molecular formula is C28H36N2O5. The molecule has 0 spiro atoms. The fraction of sp³-hybridized carbons (Fsp3) is 0.429. The first-order valence-electron chi connectivity index (χ1n) is 12.1. The highest BCUT2D eigenvalue weighted by molar-refractivity contribution is 5.98. The summed E-state index contributed by atoms with van der Waals surface area (Å²) in [5.41, 5.74) is 6.08. The zero-order valence-electron chi connectivity index (χ0n) is 21.3. The van der Waals surface area contributed by atoms with E-state index in [0.717, 1.165) is 39.3 Å². The molecule has 1 saturated carbocycles. The molecule has 1 amide bonds. The van der Waals surface area contributed by atoms with Gasteiger partial charge in [-0.15, -0.1) is 0 Å². The first kappa shape index (κ1) is 26.1. The van der Waals surface area contributed by atoms with E-state index >= 15 is 0 Å². The predicted octanol–water partition coefficient (Wildman–Crippen LogP) is 5.34. The summed E-state index contributed by atoms with van der Waals surface area (Å²) in [6.45, 7) is 5.70. The summed E-state index contributed by atoms with van der Waals surface area (Å²) in [5.74, 6) is 0.121. The van der Waals surface area contributed by atoms with E-state index in [1.54, 1.807) is 27.2 Å². The number of ether oxygens (including phenoxy) is 2. The Labute approximate surface area is 207 Å². The number of carbonyl (C=O) groups excluding carboxylic acids is 1. The lowest BCUT2D eigenvalue weighted by Gasteiger charge is -2.22. The quantitative estimate of drug-likeness (QED) is 0.398. The Morgan fingerprint density at radius 2 is 1.66 bits per heavy atom. The summed E-state index contributed by atoms with van der Waals surface area (Å²) >= 11 is 0. The highest BCUT2D eigenvalue weighted by Gasteiger charge is 2.22. The number of methoxy groups -OCH3 is 2. The smallest absolute Gasteiger partial charge is 0.305 e. The van der Waals surface area contributed by atoms with Gasteiger partial charge >= 0.3 is 5.97 Å². The first-order valence-corrected chi connectivity index (χ1v) is 12.1. The summed E-state index contributed by atoms with van der Waals surface area (Å²) in [6.07, 6.45) is 6.65. The number of carboxylic acids is 1. The van der Waals surface area contributed by atoms with E-state index in [4.69, 9.17) is 14.6 Å². The van der Waals surface area contributed by atoms with E-state index in [1.165, 1.54) is 25.7 Å². The number of hydrogen-bond acceptors (Lipinski definition) is 5. The molecule has 0 bridgehead atoms. The van der Waals surface area contributed by atoms with Crippen molar-refractivity contribution in [2.24, 2.45) is 0 Å². The molecule has 3 N–H and O–H groups in total. The van der Waals surface area contributed by atoms with Gasteiger partial charge in [0.2, 0.25) is 5.91 Å². The summed E-state index contributed by atoms with van der Waals surface area (Å²) in [7, 11) is 3.26. The molecule has 2 aromatic carbocycles. The third-order valence-electron chi connectivity index (χ3n) is 6.58. The molecule has 0 aliphatic heterocycles. The van der Waals surface area contributed by atoms with E-state index in [9.17, 15) is 9.59 Å². The lowest BCUT2D eigenvalue weighted by molar-refractivity contribution is -0.136. The molecule has 3 rings (SSSR count).